The Morgan fingerprint density at radius 3 is 2.39 bits per heavy atom. The summed E-state index contributed by atoms with van der Waals surface area (Å²) in [7, 11) is 0. The summed E-state index contributed by atoms with van der Waals surface area (Å²) in [6.07, 6.45) is 0.723. The summed E-state index contributed by atoms with van der Waals surface area (Å²) >= 11 is 0. The van der Waals surface area contributed by atoms with Crippen LogP contribution in [0.15, 0.2) is 61.2 Å². The van der Waals surface area contributed by atoms with Gasteiger partial charge >= 0.3 is 6.36 Å². The van der Waals surface area contributed by atoms with Crippen molar-refractivity contribution in [3.05, 3.63) is 77.9 Å². The third-order valence-electron chi connectivity index (χ3n) is 5.75. The minimum Gasteiger partial charge on any atom is -0.406 e. The van der Waals surface area contributed by atoms with Gasteiger partial charge in [0.25, 0.3) is 0 Å². The molecule has 1 saturated carbocycles. The Balaban J connectivity index is 1.33. The Morgan fingerprint density at radius 2 is 1.78 bits per heavy atom. The molecule has 1 aliphatic carbocycles. The molecular weight excluding hydrogens is 475 g/mol. The molecule has 184 valence electrons. The zero-order valence-electron chi connectivity index (χ0n) is 18.8. The van der Waals surface area contributed by atoms with Crippen molar-refractivity contribution in [2.45, 2.75) is 32.2 Å². The van der Waals surface area contributed by atoms with Gasteiger partial charge in [0.05, 0.1) is 22.2 Å². The Morgan fingerprint density at radius 1 is 1.08 bits per heavy atom. The minimum atomic E-state index is -4.85. The summed E-state index contributed by atoms with van der Waals surface area (Å²) < 4.78 is 41.1. The maximum atomic E-state index is 12.7. The number of hydrogen-bond donors (Lipinski definition) is 2. The maximum absolute atomic E-state index is 12.7. The molecule has 0 saturated heterocycles. The predicted octanol–water partition coefficient (Wildman–Crippen LogP) is 4.66. The van der Waals surface area contributed by atoms with Crippen molar-refractivity contribution in [3.63, 3.8) is 0 Å². The van der Waals surface area contributed by atoms with Gasteiger partial charge in [-0.25, -0.2) is 9.97 Å². The zero-order valence-corrected chi connectivity index (χ0v) is 18.8. The molecule has 1 aromatic heterocycles. The molecule has 2 N–H and O–H groups in total. The van der Waals surface area contributed by atoms with Gasteiger partial charge < -0.3 is 15.4 Å². The lowest BCUT2D eigenvalue weighted by atomic mass is 9.95. The van der Waals surface area contributed by atoms with Gasteiger partial charge in [-0.3, -0.25) is 9.59 Å². The lowest BCUT2D eigenvalue weighted by Gasteiger charge is -2.15. The number of Topliss-reactive ketones (excluding diaryl/α,β-unsaturated/α-hetero) is 1. The molecule has 0 radical (unpaired) electrons. The fourth-order valence-electron chi connectivity index (χ4n) is 3.64. The van der Waals surface area contributed by atoms with Crippen LogP contribution in [0.4, 0.5) is 24.5 Å². The number of aromatic nitrogens is 2. The molecule has 2 aromatic carbocycles. The monoisotopic (exact) mass is 495 g/mol. The molecule has 0 aliphatic heterocycles. The number of carbonyl (C=O) groups is 2. The number of benzene rings is 2. The van der Waals surface area contributed by atoms with E-state index in [1.54, 1.807) is 24.3 Å². The van der Waals surface area contributed by atoms with E-state index in [9.17, 15) is 28.0 Å². The van der Waals surface area contributed by atoms with Gasteiger partial charge in [0.15, 0.2) is 5.78 Å². The van der Waals surface area contributed by atoms with E-state index in [1.165, 1.54) is 24.8 Å². The Bertz CT molecular complexity index is 1300. The Labute approximate surface area is 204 Å². The summed E-state index contributed by atoms with van der Waals surface area (Å²) in [5, 5.41) is 15.1. The molecule has 1 amide bonds. The van der Waals surface area contributed by atoms with Crippen LogP contribution in [0, 0.1) is 16.7 Å². The lowest BCUT2D eigenvalue weighted by molar-refractivity contribution is -0.274. The van der Waals surface area contributed by atoms with Gasteiger partial charge in [0.1, 0.15) is 18.1 Å². The fourth-order valence-corrected chi connectivity index (χ4v) is 3.64. The van der Waals surface area contributed by atoms with Crippen LogP contribution in [0.1, 0.15) is 40.7 Å². The first-order valence-electron chi connectivity index (χ1n) is 10.9. The molecule has 8 nitrogen and oxygen atoms in total. The van der Waals surface area contributed by atoms with Gasteiger partial charge in [-0.15, -0.1) is 13.2 Å². The second kappa shape index (κ2) is 10.0. The van der Waals surface area contributed by atoms with Crippen molar-refractivity contribution in [3.8, 4) is 11.8 Å². The highest BCUT2D eigenvalue weighted by atomic mass is 19.4. The number of carbonyl (C=O) groups excluding carboxylic acids is 2. The molecule has 1 aliphatic rings. The molecule has 3 aromatic rings. The third-order valence-corrected chi connectivity index (χ3v) is 5.75. The van der Waals surface area contributed by atoms with Crippen molar-refractivity contribution < 1.29 is 27.5 Å². The molecule has 0 atom stereocenters. The van der Waals surface area contributed by atoms with E-state index in [1.807, 2.05) is 6.07 Å². The summed E-state index contributed by atoms with van der Waals surface area (Å²) in [4.78, 5) is 32.9. The molecule has 0 spiro atoms. The first kappa shape index (κ1) is 24.7. The average Bonchev–Trinajstić information content (AvgIpc) is 3.64. The highest BCUT2D eigenvalue weighted by molar-refractivity contribution is 6.00. The van der Waals surface area contributed by atoms with Crippen LogP contribution in [0.25, 0.3) is 0 Å². The summed E-state index contributed by atoms with van der Waals surface area (Å²) in [5.74, 6) is -0.842. The minimum absolute atomic E-state index is 0.0144. The van der Waals surface area contributed by atoms with E-state index in [0.717, 1.165) is 17.7 Å². The van der Waals surface area contributed by atoms with E-state index < -0.39 is 17.5 Å². The van der Waals surface area contributed by atoms with Crippen LogP contribution in [0.3, 0.4) is 0 Å². The smallest absolute Gasteiger partial charge is 0.406 e. The van der Waals surface area contributed by atoms with Crippen LogP contribution < -0.4 is 15.4 Å². The normalized spacial score (nSPS) is 13.8. The van der Waals surface area contributed by atoms with Crippen molar-refractivity contribution in [2.75, 3.05) is 5.32 Å². The molecule has 36 heavy (non-hydrogen) atoms. The van der Waals surface area contributed by atoms with Crippen molar-refractivity contribution in [1.29, 1.82) is 5.26 Å². The summed E-state index contributed by atoms with van der Waals surface area (Å²) in [6.45, 7) is 0.260. The van der Waals surface area contributed by atoms with Gasteiger partial charge in [-0.2, -0.15) is 5.26 Å². The van der Waals surface area contributed by atoms with Gasteiger partial charge in [-0.05, 0) is 42.7 Å². The quantitative estimate of drug-likeness (QED) is 0.415. The van der Waals surface area contributed by atoms with Crippen LogP contribution in [-0.4, -0.2) is 28.0 Å². The van der Waals surface area contributed by atoms with E-state index >= 15 is 0 Å². The number of rotatable bonds is 9. The number of nitriles is 1. The summed E-state index contributed by atoms with van der Waals surface area (Å²) in [5.41, 5.74) is 1.38. The van der Waals surface area contributed by atoms with Crippen LogP contribution >= 0.6 is 0 Å². The third kappa shape index (κ3) is 6.15. The highest BCUT2D eigenvalue weighted by Crippen LogP contribution is 2.49. The van der Waals surface area contributed by atoms with E-state index in [-0.39, 0.29) is 30.2 Å². The highest BCUT2D eigenvalue weighted by Gasteiger charge is 2.51. The number of anilines is 2. The first-order chi connectivity index (χ1) is 17.2. The fraction of sp³-hybridized carbons (Fsp3) is 0.240. The van der Waals surface area contributed by atoms with E-state index in [2.05, 4.69) is 25.3 Å². The van der Waals surface area contributed by atoms with Gasteiger partial charge in [-0.1, -0.05) is 12.1 Å². The number of ketones is 1. The Hall–Kier alpha value is -4.46. The maximum Gasteiger partial charge on any atom is 0.573 e. The average molecular weight is 495 g/mol. The SMILES string of the molecule is N#Cc1cc(OC(F)(F)F)ccc1Nc1ccc(CNC(=O)C2(CC(=O)c3cncnc3)CC2)cc1. The van der Waals surface area contributed by atoms with Crippen LogP contribution in [0.2, 0.25) is 0 Å². The summed E-state index contributed by atoms with van der Waals surface area (Å²) in [6, 6.07) is 12.2. The molecule has 1 heterocycles. The van der Waals surface area contributed by atoms with Crippen molar-refractivity contribution >= 4 is 23.1 Å². The van der Waals surface area contributed by atoms with Crippen LogP contribution in [0.5, 0.6) is 5.75 Å². The standard InChI is InChI=1S/C25H20F3N5O3/c26-25(27,28)36-20-5-6-21(17(9-20)11-29)33-19-3-1-16(2-4-19)12-32-23(35)24(7-8-24)10-22(34)18-13-30-15-31-14-18/h1-6,9,13-15,33H,7-8,10,12H2,(H,32,35). The van der Waals surface area contributed by atoms with Crippen LogP contribution in [-0.2, 0) is 11.3 Å². The molecule has 1 fully saturated rings. The predicted molar refractivity (Wildman–Crippen MR) is 122 cm³/mol. The second-order valence-electron chi connectivity index (χ2n) is 8.38. The lowest BCUT2D eigenvalue weighted by Crippen LogP contribution is -2.33. The molecular formula is C25H20F3N5O3. The number of halogens is 3. The largest absolute Gasteiger partial charge is 0.573 e. The number of ether oxygens (including phenoxy) is 1. The first-order valence-corrected chi connectivity index (χ1v) is 10.9. The topological polar surface area (TPSA) is 117 Å². The number of hydrogen-bond acceptors (Lipinski definition) is 7. The van der Waals surface area contributed by atoms with E-state index in [0.29, 0.717) is 29.8 Å². The molecule has 11 heteroatoms. The van der Waals surface area contributed by atoms with Crippen molar-refractivity contribution in [1.82, 2.24) is 15.3 Å². The number of amides is 1. The molecule has 0 bridgehead atoms. The Kier molecular flexibility index (Phi) is 6.87. The zero-order chi connectivity index (χ0) is 25.8. The van der Waals surface area contributed by atoms with Crippen molar-refractivity contribution in [2.24, 2.45) is 5.41 Å². The van der Waals surface area contributed by atoms with Gasteiger partial charge in [0, 0.05) is 37.1 Å². The van der Waals surface area contributed by atoms with E-state index in [4.69, 9.17) is 0 Å². The number of nitrogens with zero attached hydrogens (tertiary/aromatic N) is 3. The molecule has 4 rings (SSSR count). The number of alkyl halides is 3. The second-order valence-corrected chi connectivity index (χ2v) is 8.38. The molecule has 0 unspecified atom stereocenters. The van der Waals surface area contributed by atoms with Gasteiger partial charge in [0.2, 0.25) is 5.91 Å². The number of nitrogens with one attached hydrogen (secondary N) is 2.